The molecule has 2 aliphatic rings. The maximum absolute atomic E-state index is 12.5. The van der Waals surface area contributed by atoms with Crippen LogP contribution in [-0.4, -0.2) is 18.5 Å². The number of hydrogen-bond donors (Lipinski definition) is 0. The molecular weight excluding hydrogens is 224 g/mol. The van der Waals surface area contributed by atoms with Gasteiger partial charge in [0.2, 0.25) is 0 Å². The highest BCUT2D eigenvalue weighted by molar-refractivity contribution is 5.88. The van der Waals surface area contributed by atoms with Crippen LogP contribution < -0.4 is 0 Å². The molecule has 0 aromatic heterocycles. The Hall–Kier alpha value is -1.15. The molecule has 2 bridgehead atoms. The van der Waals surface area contributed by atoms with Crippen molar-refractivity contribution in [1.29, 1.82) is 0 Å². The lowest BCUT2D eigenvalue weighted by Crippen LogP contribution is -2.50. The van der Waals surface area contributed by atoms with Gasteiger partial charge in [0.25, 0.3) is 0 Å². The van der Waals surface area contributed by atoms with E-state index in [4.69, 9.17) is 4.74 Å². The minimum Gasteiger partial charge on any atom is -0.377 e. The second kappa shape index (κ2) is 4.51. The topological polar surface area (TPSA) is 26.3 Å². The molecule has 3 rings (SSSR count). The van der Waals surface area contributed by atoms with Crippen molar-refractivity contribution in [2.75, 3.05) is 7.11 Å². The van der Waals surface area contributed by atoms with Gasteiger partial charge in [-0.25, -0.2) is 0 Å². The van der Waals surface area contributed by atoms with Gasteiger partial charge in [0.15, 0.2) is 0 Å². The Kier molecular flexibility index (Phi) is 2.98. The summed E-state index contributed by atoms with van der Waals surface area (Å²) >= 11 is 0. The van der Waals surface area contributed by atoms with E-state index in [0.29, 0.717) is 11.7 Å². The van der Waals surface area contributed by atoms with Gasteiger partial charge in [-0.3, -0.25) is 4.79 Å². The van der Waals surface area contributed by atoms with Crippen LogP contribution in [0.15, 0.2) is 30.3 Å². The third-order valence-corrected chi connectivity index (χ3v) is 4.72. The van der Waals surface area contributed by atoms with Crippen LogP contribution in [-0.2, 0) is 9.53 Å². The SMILES string of the molecule is CO[C@]12CCC[C@H](CC(=O)[C@@H]1c1ccccc1)C2. The number of hydrogen-bond acceptors (Lipinski definition) is 2. The Morgan fingerprint density at radius 2 is 2.06 bits per heavy atom. The van der Waals surface area contributed by atoms with Crippen molar-refractivity contribution < 1.29 is 9.53 Å². The molecule has 2 aliphatic carbocycles. The van der Waals surface area contributed by atoms with Crippen molar-refractivity contribution in [1.82, 2.24) is 0 Å². The molecule has 0 radical (unpaired) electrons. The summed E-state index contributed by atoms with van der Waals surface area (Å²) in [6, 6.07) is 10.2. The standard InChI is InChI=1S/C16H20O2/c1-18-16-9-5-6-12(11-16)10-14(17)15(16)13-7-3-2-4-8-13/h2-4,7-8,12,15H,5-6,9-11H2,1H3/t12-,15+,16+/m1/s1. The van der Waals surface area contributed by atoms with E-state index in [9.17, 15) is 4.79 Å². The molecular formula is C16H20O2. The van der Waals surface area contributed by atoms with Crippen molar-refractivity contribution in [3.8, 4) is 0 Å². The lowest BCUT2D eigenvalue weighted by atomic mass is 9.61. The van der Waals surface area contributed by atoms with E-state index in [1.165, 1.54) is 12.8 Å². The Labute approximate surface area is 108 Å². The van der Waals surface area contributed by atoms with Gasteiger partial charge in [-0.2, -0.15) is 0 Å². The smallest absolute Gasteiger partial charge is 0.143 e. The molecule has 0 aliphatic heterocycles. The number of carbonyl (C=O) groups excluding carboxylic acids is 1. The van der Waals surface area contributed by atoms with Gasteiger partial charge in [0.1, 0.15) is 5.78 Å². The van der Waals surface area contributed by atoms with E-state index in [1.807, 2.05) is 18.2 Å². The van der Waals surface area contributed by atoms with Crippen LogP contribution in [0.25, 0.3) is 0 Å². The summed E-state index contributed by atoms with van der Waals surface area (Å²) in [6.07, 6.45) is 5.19. The van der Waals surface area contributed by atoms with E-state index in [2.05, 4.69) is 12.1 Å². The van der Waals surface area contributed by atoms with Crippen LogP contribution in [0.5, 0.6) is 0 Å². The van der Waals surface area contributed by atoms with E-state index in [1.54, 1.807) is 7.11 Å². The molecule has 0 spiro atoms. The van der Waals surface area contributed by atoms with Crippen molar-refractivity contribution in [3.05, 3.63) is 35.9 Å². The fourth-order valence-corrected chi connectivity index (χ4v) is 3.95. The van der Waals surface area contributed by atoms with Gasteiger partial charge in [-0.1, -0.05) is 36.8 Å². The first-order chi connectivity index (χ1) is 8.75. The Bertz CT molecular complexity index is 440. The molecule has 0 amide bonds. The molecule has 18 heavy (non-hydrogen) atoms. The van der Waals surface area contributed by atoms with E-state index in [-0.39, 0.29) is 11.5 Å². The zero-order chi connectivity index (χ0) is 12.6. The normalized spacial score (nSPS) is 35.5. The predicted molar refractivity (Wildman–Crippen MR) is 70.5 cm³/mol. The minimum absolute atomic E-state index is 0.0553. The second-order valence-corrected chi connectivity index (χ2v) is 5.75. The van der Waals surface area contributed by atoms with Crippen molar-refractivity contribution in [2.45, 2.75) is 43.6 Å². The summed E-state index contributed by atoms with van der Waals surface area (Å²) in [5.74, 6) is 0.866. The molecule has 1 aromatic rings. The van der Waals surface area contributed by atoms with Crippen LogP contribution in [0, 0.1) is 5.92 Å². The van der Waals surface area contributed by atoms with Gasteiger partial charge in [0, 0.05) is 13.5 Å². The average Bonchev–Trinajstić information content (AvgIpc) is 2.39. The quantitative estimate of drug-likeness (QED) is 0.797. The van der Waals surface area contributed by atoms with Gasteiger partial charge < -0.3 is 4.74 Å². The summed E-state index contributed by atoms with van der Waals surface area (Å²) in [5, 5.41) is 0. The molecule has 0 N–H and O–H groups in total. The lowest BCUT2D eigenvalue weighted by molar-refractivity contribution is -0.144. The largest absolute Gasteiger partial charge is 0.377 e. The number of benzene rings is 1. The number of ether oxygens (including phenoxy) is 1. The predicted octanol–water partition coefficient (Wildman–Crippen LogP) is 3.32. The molecule has 2 fully saturated rings. The molecule has 0 saturated heterocycles. The van der Waals surface area contributed by atoms with Gasteiger partial charge in [0.05, 0.1) is 11.5 Å². The Balaban J connectivity index is 2.02. The molecule has 2 saturated carbocycles. The summed E-state index contributed by atoms with van der Waals surface area (Å²) in [4.78, 5) is 12.5. The van der Waals surface area contributed by atoms with Crippen molar-refractivity contribution in [2.24, 2.45) is 5.92 Å². The number of methoxy groups -OCH3 is 1. The van der Waals surface area contributed by atoms with E-state index < -0.39 is 0 Å². The first kappa shape index (κ1) is 11.9. The van der Waals surface area contributed by atoms with Gasteiger partial charge in [-0.15, -0.1) is 0 Å². The summed E-state index contributed by atoms with van der Waals surface area (Å²) < 4.78 is 5.87. The number of ketones is 1. The Morgan fingerprint density at radius 1 is 1.28 bits per heavy atom. The second-order valence-electron chi connectivity index (χ2n) is 5.75. The van der Waals surface area contributed by atoms with Gasteiger partial charge >= 0.3 is 0 Å². The number of Topliss-reactive ketones (excluding diaryl/α,β-unsaturated/α-hetero) is 1. The number of fused-ring (bicyclic) bond motifs is 2. The molecule has 2 nitrogen and oxygen atoms in total. The first-order valence-electron chi connectivity index (χ1n) is 6.88. The molecule has 1 aromatic carbocycles. The lowest BCUT2D eigenvalue weighted by Gasteiger charge is -2.48. The third kappa shape index (κ3) is 1.79. The van der Waals surface area contributed by atoms with E-state index in [0.717, 1.165) is 24.8 Å². The highest BCUT2D eigenvalue weighted by Gasteiger charge is 2.51. The molecule has 96 valence electrons. The van der Waals surface area contributed by atoms with Crippen LogP contribution in [0.3, 0.4) is 0 Å². The Morgan fingerprint density at radius 3 is 2.78 bits per heavy atom. The highest BCUT2D eigenvalue weighted by atomic mass is 16.5. The fraction of sp³-hybridized carbons (Fsp3) is 0.562. The third-order valence-electron chi connectivity index (χ3n) is 4.72. The number of rotatable bonds is 2. The molecule has 0 unspecified atom stereocenters. The summed E-state index contributed by atoms with van der Waals surface area (Å²) in [6.45, 7) is 0. The maximum atomic E-state index is 12.5. The minimum atomic E-state index is -0.237. The molecule has 2 heteroatoms. The van der Waals surface area contributed by atoms with Crippen molar-refractivity contribution in [3.63, 3.8) is 0 Å². The number of carbonyl (C=O) groups is 1. The monoisotopic (exact) mass is 244 g/mol. The van der Waals surface area contributed by atoms with Crippen LogP contribution in [0.4, 0.5) is 0 Å². The summed E-state index contributed by atoms with van der Waals surface area (Å²) in [7, 11) is 1.77. The molecule has 3 atom stereocenters. The zero-order valence-electron chi connectivity index (χ0n) is 10.9. The fourth-order valence-electron chi connectivity index (χ4n) is 3.95. The average molecular weight is 244 g/mol. The van der Waals surface area contributed by atoms with Crippen molar-refractivity contribution >= 4 is 5.78 Å². The van der Waals surface area contributed by atoms with Crippen LogP contribution in [0.2, 0.25) is 0 Å². The first-order valence-corrected chi connectivity index (χ1v) is 6.88. The molecule has 0 heterocycles. The summed E-state index contributed by atoms with van der Waals surface area (Å²) in [5.41, 5.74) is 0.893. The van der Waals surface area contributed by atoms with Crippen LogP contribution >= 0.6 is 0 Å². The highest BCUT2D eigenvalue weighted by Crippen LogP contribution is 2.50. The maximum Gasteiger partial charge on any atom is 0.143 e. The van der Waals surface area contributed by atoms with E-state index >= 15 is 0 Å². The zero-order valence-corrected chi connectivity index (χ0v) is 10.9. The van der Waals surface area contributed by atoms with Gasteiger partial charge in [-0.05, 0) is 30.7 Å². The van der Waals surface area contributed by atoms with Crippen LogP contribution in [0.1, 0.15) is 43.6 Å².